The largest absolute Gasteiger partial charge is 0.481 e. The van der Waals surface area contributed by atoms with Crippen molar-refractivity contribution in [2.24, 2.45) is 11.8 Å². The highest BCUT2D eigenvalue weighted by Gasteiger charge is 2.46. The van der Waals surface area contributed by atoms with Gasteiger partial charge in [0.1, 0.15) is 5.60 Å². The van der Waals surface area contributed by atoms with E-state index in [4.69, 9.17) is 4.74 Å². The van der Waals surface area contributed by atoms with E-state index < -0.39 is 11.6 Å². The highest BCUT2D eigenvalue weighted by molar-refractivity contribution is 5.73. The van der Waals surface area contributed by atoms with Gasteiger partial charge in [-0.15, -0.1) is 0 Å². The second-order valence-corrected chi connectivity index (χ2v) is 6.57. The number of hydrogen-bond acceptors (Lipinski definition) is 3. The molecular formula is C14H23NO4. The van der Waals surface area contributed by atoms with Crippen LogP contribution in [0.2, 0.25) is 0 Å². The smallest absolute Gasteiger partial charge is 0.410 e. The van der Waals surface area contributed by atoms with Gasteiger partial charge in [0.15, 0.2) is 0 Å². The van der Waals surface area contributed by atoms with Crippen LogP contribution in [0.4, 0.5) is 4.79 Å². The Hall–Kier alpha value is -1.26. The van der Waals surface area contributed by atoms with E-state index in [1.54, 1.807) is 4.90 Å². The second-order valence-electron chi connectivity index (χ2n) is 6.57. The van der Waals surface area contributed by atoms with Gasteiger partial charge < -0.3 is 14.7 Å². The van der Waals surface area contributed by atoms with Gasteiger partial charge >= 0.3 is 12.1 Å². The summed E-state index contributed by atoms with van der Waals surface area (Å²) >= 11 is 0. The predicted octanol–water partition coefficient (Wildman–Crippen LogP) is 2.50. The summed E-state index contributed by atoms with van der Waals surface area (Å²) in [5.74, 6) is -0.925. The molecule has 2 rings (SSSR count). The van der Waals surface area contributed by atoms with Crippen LogP contribution in [-0.4, -0.2) is 40.3 Å². The molecule has 0 aromatic heterocycles. The van der Waals surface area contributed by atoms with Crippen molar-refractivity contribution < 1.29 is 19.4 Å². The lowest BCUT2D eigenvalue weighted by Gasteiger charge is -2.41. The topological polar surface area (TPSA) is 66.8 Å². The quantitative estimate of drug-likeness (QED) is 0.794. The van der Waals surface area contributed by atoms with E-state index in [2.05, 4.69) is 0 Å². The lowest BCUT2D eigenvalue weighted by molar-refractivity contribution is -0.146. The van der Waals surface area contributed by atoms with Gasteiger partial charge in [0.05, 0.1) is 5.92 Å². The van der Waals surface area contributed by atoms with E-state index in [-0.39, 0.29) is 24.0 Å². The molecule has 3 unspecified atom stereocenters. The van der Waals surface area contributed by atoms with Crippen molar-refractivity contribution in [2.45, 2.75) is 58.1 Å². The molecule has 2 fully saturated rings. The summed E-state index contributed by atoms with van der Waals surface area (Å²) in [6, 6.07) is 0.0460. The monoisotopic (exact) mass is 269 g/mol. The molecule has 3 atom stereocenters. The first-order valence-corrected chi connectivity index (χ1v) is 7.02. The Labute approximate surface area is 113 Å². The number of carboxylic acid groups (broad SMARTS) is 1. The number of carbonyl (C=O) groups excluding carboxylic acids is 1. The van der Waals surface area contributed by atoms with Gasteiger partial charge in [-0.25, -0.2) is 4.79 Å². The summed E-state index contributed by atoms with van der Waals surface area (Å²) in [6.07, 6.45) is 3.04. The Balaban J connectivity index is 2.08. The van der Waals surface area contributed by atoms with Crippen molar-refractivity contribution in [1.29, 1.82) is 0 Å². The van der Waals surface area contributed by atoms with E-state index in [1.807, 2.05) is 20.8 Å². The van der Waals surface area contributed by atoms with Crippen molar-refractivity contribution in [1.82, 2.24) is 4.90 Å². The van der Waals surface area contributed by atoms with Crippen LogP contribution >= 0.6 is 0 Å². The second kappa shape index (κ2) is 5.02. The molecule has 1 N–H and O–H groups in total. The van der Waals surface area contributed by atoms with Crippen LogP contribution in [-0.2, 0) is 9.53 Å². The van der Waals surface area contributed by atoms with Crippen molar-refractivity contribution in [3.63, 3.8) is 0 Å². The van der Waals surface area contributed by atoms with Crippen molar-refractivity contribution in [2.75, 3.05) is 6.54 Å². The highest BCUT2D eigenvalue weighted by Crippen LogP contribution is 2.41. The Morgan fingerprint density at radius 1 is 1.21 bits per heavy atom. The van der Waals surface area contributed by atoms with E-state index in [1.165, 1.54) is 0 Å². The lowest BCUT2D eigenvalue weighted by atomic mass is 9.81. The van der Waals surface area contributed by atoms with E-state index in [9.17, 15) is 14.7 Å². The molecule has 19 heavy (non-hydrogen) atoms. The SMILES string of the molecule is CC(C)(C)OC(=O)N1CCC(C(=O)O)C2CCCC21. The summed E-state index contributed by atoms with van der Waals surface area (Å²) in [5.41, 5.74) is -0.505. The van der Waals surface area contributed by atoms with Crippen LogP contribution in [0.1, 0.15) is 46.5 Å². The van der Waals surface area contributed by atoms with E-state index in [0.717, 1.165) is 19.3 Å². The summed E-state index contributed by atoms with van der Waals surface area (Å²) in [7, 11) is 0. The predicted molar refractivity (Wildman–Crippen MR) is 69.8 cm³/mol. The number of fused-ring (bicyclic) bond motifs is 1. The molecule has 0 aromatic rings. The van der Waals surface area contributed by atoms with Gasteiger partial charge in [-0.2, -0.15) is 0 Å². The summed E-state index contributed by atoms with van der Waals surface area (Å²) in [5, 5.41) is 9.26. The molecule has 1 aliphatic heterocycles. The maximum absolute atomic E-state index is 12.2. The third-order valence-corrected chi connectivity index (χ3v) is 4.07. The van der Waals surface area contributed by atoms with E-state index >= 15 is 0 Å². The van der Waals surface area contributed by atoms with Gasteiger partial charge in [0.25, 0.3) is 0 Å². The van der Waals surface area contributed by atoms with Crippen LogP contribution in [0.3, 0.4) is 0 Å². The number of piperidine rings is 1. The van der Waals surface area contributed by atoms with Gasteiger partial charge in [0.2, 0.25) is 0 Å². The maximum Gasteiger partial charge on any atom is 0.410 e. The molecule has 1 aliphatic carbocycles. The molecule has 1 saturated carbocycles. The fourth-order valence-electron chi connectivity index (χ4n) is 3.34. The number of carboxylic acids is 1. The molecule has 0 radical (unpaired) electrons. The normalized spacial score (nSPS) is 30.9. The van der Waals surface area contributed by atoms with Crippen LogP contribution < -0.4 is 0 Å². The lowest BCUT2D eigenvalue weighted by Crippen LogP contribution is -2.52. The van der Waals surface area contributed by atoms with Gasteiger partial charge in [-0.05, 0) is 46.0 Å². The number of rotatable bonds is 1. The highest BCUT2D eigenvalue weighted by atomic mass is 16.6. The first-order valence-electron chi connectivity index (χ1n) is 7.02. The number of ether oxygens (including phenoxy) is 1. The van der Waals surface area contributed by atoms with E-state index in [0.29, 0.717) is 13.0 Å². The van der Waals surface area contributed by atoms with Crippen molar-refractivity contribution in [3.05, 3.63) is 0 Å². The van der Waals surface area contributed by atoms with Crippen LogP contribution in [0.15, 0.2) is 0 Å². The molecule has 5 nitrogen and oxygen atoms in total. The van der Waals surface area contributed by atoms with Crippen LogP contribution in [0.25, 0.3) is 0 Å². The third kappa shape index (κ3) is 3.01. The molecule has 1 saturated heterocycles. The first-order chi connectivity index (χ1) is 8.79. The van der Waals surface area contributed by atoms with Gasteiger partial charge in [0, 0.05) is 12.6 Å². The maximum atomic E-state index is 12.2. The Bertz CT molecular complexity index is 374. The van der Waals surface area contributed by atoms with Crippen LogP contribution in [0.5, 0.6) is 0 Å². The Kier molecular flexibility index (Phi) is 3.74. The Morgan fingerprint density at radius 3 is 2.47 bits per heavy atom. The minimum absolute atomic E-state index is 0.0460. The number of carbonyl (C=O) groups is 2. The zero-order chi connectivity index (χ0) is 14.2. The average Bonchev–Trinajstić information content (AvgIpc) is 2.73. The number of hydrogen-bond donors (Lipinski definition) is 1. The molecular weight excluding hydrogens is 246 g/mol. The molecule has 5 heteroatoms. The fourth-order valence-corrected chi connectivity index (χ4v) is 3.34. The molecule has 1 heterocycles. The van der Waals surface area contributed by atoms with Gasteiger partial charge in [-0.1, -0.05) is 6.42 Å². The Morgan fingerprint density at radius 2 is 1.89 bits per heavy atom. The number of nitrogens with zero attached hydrogens (tertiary/aromatic N) is 1. The molecule has 0 bridgehead atoms. The average molecular weight is 269 g/mol. The zero-order valence-electron chi connectivity index (χ0n) is 11.9. The van der Waals surface area contributed by atoms with Crippen molar-refractivity contribution >= 4 is 12.1 Å². The minimum Gasteiger partial charge on any atom is -0.481 e. The zero-order valence-corrected chi connectivity index (χ0v) is 11.9. The van der Waals surface area contributed by atoms with Crippen LogP contribution in [0, 0.1) is 11.8 Å². The standard InChI is InChI=1S/C14H23NO4/c1-14(2,3)19-13(18)15-8-7-10(12(16)17)9-5-4-6-11(9)15/h9-11H,4-8H2,1-3H3,(H,16,17). The van der Waals surface area contributed by atoms with Crippen molar-refractivity contribution in [3.8, 4) is 0 Å². The summed E-state index contributed by atoms with van der Waals surface area (Å²) in [4.78, 5) is 25.2. The number of likely N-dealkylation sites (tertiary alicyclic amines) is 1. The molecule has 0 spiro atoms. The molecule has 1 amide bonds. The third-order valence-electron chi connectivity index (χ3n) is 4.07. The van der Waals surface area contributed by atoms with Gasteiger partial charge in [-0.3, -0.25) is 4.79 Å². The minimum atomic E-state index is -0.722. The summed E-state index contributed by atoms with van der Waals surface area (Å²) in [6.45, 7) is 6.04. The number of aliphatic carboxylic acids is 1. The molecule has 2 aliphatic rings. The molecule has 0 aromatic carbocycles. The fraction of sp³-hybridized carbons (Fsp3) is 0.857. The summed E-state index contributed by atoms with van der Waals surface area (Å²) < 4.78 is 5.42. The number of amides is 1. The molecule has 108 valence electrons. The first kappa shape index (κ1) is 14.2.